The van der Waals surface area contributed by atoms with Gasteiger partial charge in [-0.25, -0.2) is 13.4 Å². The highest BCUT2D eigenvalue weighted by Crippen LogP contribution is 2.30. The zero-order valence-corrected chi connectivity index (χ0v) is 23.5. The van der Waals surface area contributed by atoms with Crippen molar-refractivity contribution in [1.82, 2.24) is 19.6 Å². The first-order chi connectivity index (χ1) is 18.0. The number of rotatable bonds is 9. The molecule has 38 heavy (non-hydrogen) atoms. The molecule has 1 amide bonds. The highest BCUT2D eigenvalue weighted by Gasteiger charge is 2.24. The molecule has 0 unspecified atom stereocenters. The van der Waals surface area contributed by atoms with Crippen molar-refractivity contribution in [3.05, 3.63) is 82.1 Å². The average Bonchev–Trinajstić information content (AvgIpc) is 3.37. The maximum atomic E-state index is 13.3. The molecule has 4 aromatic rings. The van der Waals surface area contributed by atoms with Gasteiger partial charge in [0.05, 0.1) is 11.4 Å². The molecule has 0 bridgehead atoms. The molecular weight excluding hydrogens is 526 g/mol. The van der Waals surface area contributed by atoms with E-state index in [1.54, 1.807) is 52.2 Å². The van der Waals surface area contributed by atoms with Crippen LogP contribution in [-0.4, -0.2) is 48.0 Å². The second kappa shape index (κ2) is 11.0. The van der Waals surface area contributed by atoms with Gasteiger partial charge in [-0.2, -0.15) is 0 Å². The zero-order valence-electron chi connectivity index (χ0n) is 21.9. The van der Waals surface area contributed by atoms with Gasteiger partial charge in [-0.1, -0.05) is 66.1 Å². The second-order valence-corrected chi connectivity index (χ2v) is 11.2. The van der Waals surface area contributed by atoms with E-state index in [4.69, 9.17) is 16.1 Å². The molecule has 0 atom stereocenters. The number of amides is 1. The van der Waals surface area contributed by atoms with Gasteiger partial charge in [0.2, 0.25) is 0 Å². The van der Waals surface area contributed by atoms with E-state index in [1.807, 2.05) is 35.8 Å². The minimum Gasteiger partial charge on any atom is -0.359 e. The Hall–Kier alpha value is -3.63. The van der Waals surface area contributed by atoms with Crippen LogP contribution in [0.1, 0.15) is 46.5 Å². The SMILES string of the molecule is CCCc1nc(C(=O)N(C)C)c(Cl)n1Cc1ccc(-c2ccccc2S(=O)(=O)Nc2noc(C)c2C)cc1. The van der Waals surface area contributed by atoms with Crippen LogP contribution in [0, 0.1) is 13.8 Å². The van der Waals surface area contributed by atoms with E-state index in [2.05, 4.69) is 14.9 Å². The maximum absolute atomic E-state index is 13.3. The van der Waals surface area contributed by atoms with E-state index in [1.165, 1.54) is 4.90 Å². The zero-order chi connectivity index (χ0) is 27.6. The van der Waals surface area contributed by atoms with Crippen LogP contribution in [0.5, 0.6) is 0 Å². The van der Waals surface area contributed by atoms with Crippen molar-refractivity contribution in [2.75, 3.05) is 18.8 Å². The molecule has 0 saturated heterocycles. The van der Waals surface area contributed by atoms with Crippen molar-refractivity contribution in [2.45, 2.75) is 45.1 Å². The Morgan fingerprint density at radius 1 is 1.11 bits per heavy atom. The van der Waals surface area contributed by atoms with E-state index in [0.29, 0.717) is 35.0 Å². The highest BCUT2D eigenvalue weighted by atomic mass is 35.5. The lowest BCUT2D eigenvalue weighted by molar-refractivity contribution is 0.0822. The fourth-order valence-electron chi connectivity index (χ4n) is 4.01. The van der Waals surface area contributed by atoms with Gasteiger partial charge < -0.3 is 14.0 Å². The Kier molecular flexibility index (Phi) is 7.94. The number of nitrogens with one attached hydrogen (secondary N) is 1. The van der Waals surface area contributed by atoms with Crippen molar-refractivity contribution in [3.8, 4) is 11.1 Å². The second-order valence-electron chi connectivity index (χ2n) is 9.21. The first-order valence-corrected chi connectivity index (χ1v) is 14.0. The summed E-state index contributed by atoms with van der Waals surface area (Å²) in [6.45, 7) is 5.93. The molecule has 0 aliphatic rings. The summed E-state index contributed by atoms with van der Waals surface area (Å²) in [7, 11) is -0.600. The van der Waals surface area contributed by atoms with Crippen molar-refractivity contribution in [2.24, 2.45) is 0 Å². The monoisotopic (exact) mass is 555 g/mol. The van der Waals surface area contributed by atoms with Gasteiger partial charge in [0.15, 0.2) is 11.5 Å². The summed E-state index contributed by atoms with van der Waals surface area (Å²) < 4.78 is 36.0. The Labute approximate surface area is 227 Å². The average molecular weight is 556 g/mol. The Morgan fingerprint density at radius 2 is 1.79 bits per heavy atom. The van der Waals surface area contributed by atoms with Crippen LogP contribution in [0.3, 0.4) is 0 Å². The molecule has 2 heterocycles. The topological polar surface area (TPSA) is 110 Å². The molecular formula is C27H30ClN5O4S. The van der Waals surface area contributed by atoms with Crippen LogP contribution < -0.4 is 4.72 Å². The van der Waals surface area contributed by atoms with Crippen LogP contribution in [0.4, 0.5) is 5.82 Å². The molecule has 1 N–H and O–H groups in total. The number of aryl methyl sites for hydroxylation is 2. The summed E-state index contributed by atoms with van der Waals surface area (Å²) in [6, 6.07) is 14.3. The lowest BCUT2D eigenvalue weighted by Gasteiger charge is -2.13. The predicted octanol–water partition coefficient (Wildman–Crippen LogP) is 5.31. The lowest BCUT2D eigenvalue weighted by Crippen LogP contribution is -2.22. The molecule has 200 valence electrons. The first-order valence-electron chi connectivity index (χ1n) is 12.1. The fraction of sp³-hybridized carbons (Fsp3) is 0.296. The summed E-state index contributed by atoms with van der Waals surface area (Å²) >= 11 is 6.60. The van der Waals surface area contributed by atoms with Crippen LogP contribution in [0.25, 0.3) is 11.1 Å². The van der Waals surface area contributed by atoms with E-state index in [0.717, 1.165) is 23.4 Å². The maximum Gasteiger partial charge on any atom is 0.275 e. The minimum absolute atomic E-state index is 0.127. The third-order valence-electron chi connectivity index (χ3n) is 6.24. The molecule has 0 fully saturated rings. The summed E-state index contributed by atoms with van der Waals surface area (Å²) in [6.07, 6.45) is 1.54. The highest BCUT2D eigenvalue weighted by molar-refractivity contribution is 7.92. The van der Waals surface area contributed by atoms with Crippen molar-refractivity contribution >= 4 is 33.3 Å². The summed E-state index contributed by atoms with van der Waals surface area (Å²) in [5.41, 5.74) is 3.08. The molecule has 0 radical (unpaired) electrons. The third kappa shape index (κ3) is 5.46. The predicted molar refractivity (Wildman–Crippen MR) is 147 cm³/mol. The van der Waals surface area contributed by atoms with Gasteiger partial charge in [-0.3, -0.25) is 9.52 Å². The standard InChI is InChI=1S/C27H30ClN5O4S/c1-6-9-23-29-24(27(34)32(4)5)25(28)33(23)16-19-12-14-20(15-13-19)21-10-7-8-11-22(21)38(35,36)31-26-17(2)18(3)37-30-26/h7-8,10-15H,6,9,16H2,1-5H3,(H,30,31). The van der Waals surface area contributed by atoms with Crippen LogP contribution >= 0.6 is 11.6 Å². The number of aromatic nitrogens is 3. The number of nitrogens with zero attached hydrogens (tertiary/aromatic N) is 4. The number of anilines is 1. The van der Waals surface area contributed by atoms with Crippen molar-refractivity contribution < 1.29 is 17.7 Å². The van der Waals surface area contributed by atoms with Gasteiger partial charge in [0.25, 0.3) is 15.9 Å². The number of sulfonamides is 1. The summed E-state index contributed by atoms with van der Waals surface area (Å²) in [5.74, 6) is 1.21. The number of benzene rings is 2. The van der Waals surface area contributed by atoms with Crippen LogP contribution in [0.2, 0.25) is 5.15 Å². The van der Waals surface area contributed by atoms with E-state index < -0.39 is 10.0 Å². The number of hydrogen-bond acceptors (Lipinski definition) is 6. The van der Waals surface area contributed by atoms with Gasteiger partial charge in [-0.05, 0) is 37.5 Å². The van der Waals surface area contributed by atoms with Crippen LogP contribution in [-0.2, 0) is 23.0 Å². The van der Waals surface area contributed by atoms with Crippen molar-refractivity contribution in [3.63, 3.8) is 0 Å². The van der Waals surface area contributed by atoms with Crippen LogP contribution in [0.15, 0.2) is 57.9 Å². The third-order valence-corrected chi connectivity index (χ3v) is 8.02. The molecule has 0 saturated carbocycles. The molecule has 2 aromatic carbocycles. The Bertz CT molecular complexity index is 1570. The van der Waals surface area contributed by atoms with Gasteiger partial charge in [-0.15, -0.1) is 0 Å². The minimum atomic E-state index is -3.93. The molecule has 0 spiro atoms. The smallest absolute Gasteiger partial charge is 0.275 e. The Balaban J connectivity index is 1.64. The molecule has 2 aromatic heterocycles. The quantitative estimate of drug-likeness (QED) is 0.299. The Morgan fingerprint density at radius 3 is 2.39 bits per heavy atom. The van der Waals surface area contributed by atoms with E-state index >= 15 is 0 Å². The molecule has 11 heteroatoms. The number of carbonyl (C=O) groups excluding carboxylic acids is 1. The lowest BCUT2D eigenvalue weighted by atomic mass is 10.0. The number of halogens is 1. The number of imidazole rings is 1. The largest absolute Gasteiger partial charge is 0.359 e. The molecule has 0 aliphatic carbocycles. The normalized spacial score (nSPS) is 11.5. The van der Waals surface area contributed by atoms with Gasteiger partial charge in [0, 0.05) is 31.6 Å². The first kappa shape index (κ1) is 27.4. The van der Waals surface area contributed by atoms with E-state index in [-0.39, 0.29) is 22.3 Å². The fourth-order valence-corrected chi connectivity index (χ4v) is 5.58. The molecule has 0 aliphatic heterocycles. The molecule has 4 rings (SSSR count). The summed E-state index contributed by atoms with van der Waals surface area (Å²) in [4.78, 5) is 18.6. The van der Waals surface area contributed by atoms with Crippen molar-refractivity contribution in [1.29, 1.82) is 0 Å². The van der Waals surface area contributed by atoms with Gasteiger partial charge in [0.1, 0.15) is 16.7 Å². The summed E-state index contributed by atoms with van der Waals surface area (Å²) in [5, 5.41) is 4.12. The number of hydrogen-bond donors (Lipinski definition) is 1. The number of carbonyl (C=O) groups is 1. The van der Waals surface area contributed by atoms with Gasteiger partial charge >= 0.3 is 0 Å². The molecule has 9 nitrogen and oxygen atoms in total. The van der Waals surface area contributed by atoms with E-state index in [9.17, 15) is 13.2 Å².